The summed E-state index contributed by atoms with van der Waals surface area (Å²) in [5, 5.41) is 4.60. The molecule has 4 amide bonds. The van der Waals surface area contributed by atoms with Crippen molar-refractivity contribution in [1.82, 2.24) is 25.6 Å². The van der Waals surface area contributed by atoms with Crippen molar-refractivity contribution < 1.29 is 14.4 Å². The lowest BCUT2D eigenvalue weighted by Gasteiger charge is -2.34. The third kappa shape index (κ3) is 4.92. The Morgan fingerprint density at radius 1 is 1.14 bits per heavy atom. The van der Waals surface area contributed by atoms with Crippen LogP contribution < -0.4 is 10.7 Å². The molecule has 2 N–H and O–H groups in total. The largest absolute Gasteiger partial charge is 0.344 e. The molecule has 0 spiro atoms. The van der Waals surface area contributed by atoms with E-state index >= 15 is 0 Å². The van der Waals surface area contributed by atoms with Crippen LogP contribution >= 0.6 is 11.3 Å². The number of hydrogen-bond acceptors (Lipinski definition) is 6. The first kappa shape index (κ1) is 23.4. The molecule has 2 aliphatic heterocycles. The highest BCUT2D eigenvalue weighted by Crippen LogP contribution is 2.35. The first-order chi connectivity index (χ1) is 16.9. The number of carbonyl (C=O) groups excluding carboxylic acids is 3. The second kappa shape index (κ2) is 9.75. The minimum absolute atomic E-state index is 0.0474. The van der Waals surface area contributed by atoms with Gasteiger partial charge >= 0.3 is 6.03 Å². The number of para-hydroxylation sites is 1. The first-order valence-corrected chi connectivity index (χ1v) is 12.8. The molecule has 0 saturated carbocycles. The van der Waals surface area contributed by atoms with Gasteiger partial charge in [0, 0.05) is 0 Å². The number of hydrogen-bond donors (Lipinski definition) is 2. The molecule has 0 bridgehead atoms. The number of amides is 4. The number of fused-ring (bicyclic) bond motifs is 1. The minimum Gasteiger partial charge on any atom is -0.322 e. The van der Waals surface area contributed by atoms with Crippen molar-refractivity contribution in [2.24, 2.45) is 0 Å². The number of carbonyl (C=O) groups is 3. The smallest absolute Gasteiger partial charge is 0.322 e. The van der Waals surface area contributed by atoms with Crippen LogP contribution in [-0.2, 0) is 16.0 Å². The number of rotatable bonds is 7. The fourth-order valence-electron chi connectivity index (χ4n) is 4.83. The van der Waals surface area contributed by atoms with E-state index in [1.165, 1.54) is 0 Å². The van der Waals surface area contributed by atoms with Gasteiger partial charge in [-0.3, -0.25) is 19.9 Å². The fraction of sp³-hybridized carbons (Fsp3) is 0.385. The van der Waals surface area contributed by atoms with Crippen molar-refractivity contribution in [2.75, 3.05) is 13.1 Å². The molecule has 0 aliphatic carbocycles. The Balaban J connectivity index is 1.23. The van der Waals surface area contributed by atoms with Gasteiger partial charge in [-0.05, 0) is 56.8 Å². The van der Waals surface area contributed by atoms with E-state index in [-0.39, 0.29) is 18.5 Å². The Bertz CT molecular complexity index is 1210. The molecular formula is C26H29N5O3S. The van der Waals surface area contributed by atoms with Gasteiger partial charge in [0.2, 0.25) is 0 Å². The zero-order valence-corrected chi connectivity index (χ0v) is 20.5. The summed E-state index contributed by atoms with van der Waals surface area (Å²) in [4.78, 5) is 45.5. The van der Waals surface area contributed by atoms with Crippen molar-refractivity contribution in [3.05, 3.63) is 65.2 Å². The van der Waals surface area contributed by atoms with E-state index in [1.54, 1.807) is 18.3 Å². The predicted molar refractivity (Wildman–Crippen MR) is 134 cm³/mol. The van der Waals surface area contributed by atoms with Crippen molar-refractivity contribution in [2.45, 2.75) is 50.6 Å². The number of nitrogens with one attached hydrogen (secondary N) is 2. The molecule has 182 valence electrons. The Morgan fingerprint density at radius 3 is 2.71 bits per heavy atom. The van der Waals surface area contributed by atoms with Crippen LogP contribution in [0, 0.1) is 0 Å². The third-order valence-corrected chi connectivity index (χ3v) is 7.95. The Kier molecular flexibility index (Phi) is 6.53. The summed E-state index contributed by atoms with van der Waals surface area (Å²) in [7, 11) is 0. The average molecular weight is 492 g/mol. The standard InChI is InChI=1S/C26H29N5O3S/c1-26(15-14-18-9-3-2-4-10-18)24(33)31(25(34)28-26)29-22(32)17-30-16-8-7-12-20(30)23-27-19-11-5-6-13-21(19)35-23/h2-6,9-11,13,20H,7-8,12,14-17H2,1H3,(H,28,34)(H,29,32)/t20-,26+/m1/s1. The number of piperidine rings is 1. The van der Waals surface area contributed by atoms with Gasteiger partial charge in [0.25, 0.3) is 11.8 Å². The number of nitrogens with zero attached hydrogens (tertiary/aromatic N) is 3. The van der Waals surface area contributed by atoms with E-state index in [1.807, 2.05) is 48.5 Å². The van der Waals surface area contributed by atoms with E-state index in [9.17, 15) is 14.4 Å². The molecule has 2 fully saturated rings. The quantitative estimate of drug-likeness (QED) is 0.491. The molecular weight excluding hydrogens is 462 g/mol. The Morgan fingerprint density at radius 2 is 1.91 bits per heavy atom. The first-order valence-electron chi connectivity index (χ1n) is 12.0. The van der Waals surface area contributed by atoms with Gasteiger partial charge in [0.05, 0.1) is 22.8 Å². The maximum atomic E-state index is 13.1. The number of aryl methyl sites for hydroxylation is 1. The molecule has 2 aliphatic rings. The van der Waals surface area contributed by atoms with Crippen LogP contribution in [0.15, 0.2) is 54.6 Å². The lowest BCUT2D eigenvalue weighted by atomic mass is 9.93. The van der Waals surface area contributed by atoms with Crippen molar-refractivity contribution >= 4 is 39.4 Å². The Labute approximate surface area is 208 Å². The summed E-state index contributed by atoms with van der Waals surface area (Å²) in [6.07, 6.45) is 4.08. The maximum absolute atomic E-state index is 13.1. The number of likely N-dealkylation sites (tertiary alicyclic amines) is 1. The van der Waals surface area contributed by atoms with Crippen molar-refractivity contribution in [3.63, 3.8) is 0 Å². The van der Waals surface area contributed by atoms with Gasteiger partial charge < -0.3 is 5.32 Å². The molecule has 8 nitrogen and oxygen atoms in total. The van der Waals surface area contributed by atoms with Gasteiger partial charge in [0.15, 0.2) is 0 Å². The van der Waals surface area contributed by atoms with Crippen LogP contribution in [0.1, 0.15) is 49.2 Å². The third-order valence-electron chi connectivity index (χ3n) is 6.81. The highest BCUT2D eigenvalue weighted by atomic mass is 32.1. The molecule has 5 rings (SSSR count). The van der Waals surface area contributed by atoms with Crippen molar-refractivity contribution in [1.29, 1.82) is 0 Å². The van der Waals surface area contributed by atoms with Gasteiger partial charge in [-0.2, -0.15) is 5.01 Å². The predicted octanol–water partition coefficient (Wildman–Crippen LogP) is 3.80. The highest BCUT2D eigenvalue weighted by Gasteiger charge is 2.48. The number of thiazole rings is 1. The maximum Gasteiger partial charge on any atom is 0.344 e. The van der Waals surface area contributed by atoms with Gasteiger partial charge in [-0.15, -0.1) is 11.3 Å². The van der Waals surface area contributed by atoms with E-state index in [0.29, 0.717) is 12.8 Å². The van der Waals surface area contributed by atoms with E-state index in [4.69, 9.17) is 4.98 Å². The molecule has 9 heteroatoms. The lowest BCUT2D eigenvalue weighted by Crippen LogP contribution is -2.52. The highest BCUT2D eigenvalue weighted by molar-refractivity contribution is 7.18. The molecule has 0 unspecified atom stereocenters. The SMILES string of the molecule is C[C@@]1(CCc2ccccc2)NC(=O)N(NC(=O)CN2CCCC[C@@H]2c2nc3ccccc3s2)C1=O. The van der Waals surface area contributed by atoms with Crippen LogP contribution in [0.3, 0.4) is 0 Å². The summed E-state index contributed by atoms with van der Waals surface area (Å²) in [5.74, 6) is -0.818. The zero-order valence-electron chi connectivity index (χ0n) is 19.7. The fourth-order valence-corrected chi connectivity index (χ4v) is 5.97. The zero-order chi connectivity index (χ0) is 24.4. The molecule has 3 heterocycles. The molecule has 2 aromatic carbocycles. The van der Waals surface area contributed by atoms with Crippen LogP contribution in [0.4, 0.5) is 4.79 Å². The van der Waals surface area contributed by atoms with E-state index in [2.05, 4.69) is 21.7 Å². The lowest BCUT2D eigenvalue weighted by molar-refractivity contribution is -0.139. The summed E-state index contributed by atoms with van der Waals surface area (Å²) < 4.78 is 1.13. The summed E-state index contributed by atoms with van der Waals surface area (Å²) in [6, 6.07) is 17.3. The molecule has 35 heavy (non-hydrogen) atoms. The number of benzene rings is 2. The monoisotopic (exact) mass is 491 g/mol. The number of urea groups is 1. The number of imide groups is 1. The minimum atomic E-state index is -1.06. The van der Waals surface area contributed by atoms with Crippen LogP contribution in [-0.4, -0.2) is 51.4 Å². The Hall–Kier alpha value is -3.30. The second-order valence-electron chi connectivity index (χ2n) is 9.43. The van der Waals surface area contributed by atoms with Gasteiger partial charge in [0.1, 0.15) is 10.5 Å². The topological polar surface area (TPSA) is 94.6 Å². The molecule has 1 aromatic heterocycles. The van der Waals surface area contributed by atoms with E-state index in [0.717, 1.165) is 51.6 Å². The summed E-state index contributed by atoms with van der Waals surface area (Å²) >= 11 is 1.66. The molecule has 2 saturated heterocycles. The summed E-state index contributed by atoms with van der Waals surface area (Å²) in [5.41, 5.74) is 3.55. The van der Waals surface area contributed by atoms with Crippen molar-refractivity contribution in [3.8, 4) is 0 Å². The van der Waals surface area contributed by atoms with E-state index < -0.39 is 17.5 Å². The normalized spacial score (nSPS) is 23.0. The van der Waals surface area contributed by atoms with Crippen LogP contribution in [0.2, 0.25) is 0 Å². The summed E-state index contributed by atoms with van der Waals surface area (Å²) in [6.45, 7) is 2.57. The molecule has 3 aromatic rings. The average Bonchev–Trinajstić information content (AvgIpc) is 3.38. The number of hydrazine groups is 1. The van der Waals surface area contributed by atoms with Crippen LogP contribution in [0.5, 0.6) is 0 Å². The number of aromatic nitrogens is 1. The van der Waals surface area contributed by atoms with Gasteiger partial charge in [-0.1, -0.05) is 48.9 Å². The van der Waals surface area contributed by atoms with Gasteiger partial charge in [-0.25, -0.2) is 9.78 Å². The molecule has 2 atom stereocenters. The van der Waals surface area contributed by atoms with Crippen LogP contribution in [0.25, 0.3) is 10.2 Å². The second-order valence-corrected chi connectivity index (χ2v) is 10.5. The molecule has 0 radical (unpaired) electrons.